The fourth-order valence-electron chi connectivity index (χ4n) is 3.91. The third-order valence-electron chi connectivity index (χ3n) is 5.32. The Kier molecular flexibility index (Phi) is 5.63. The number of likely N-dealkylation sites (tertiary alicyclic amines) is 1. The number of methoxy groups -OCH3 is 1. The van der Waals surface area contributed by atoms with Gasteiger partial charge in [-0.15, -0.1) is 0 Å². The Balaban J connectivity index is 1.48. The topological polar surface area (TPSA) is 39.5 Å². The van der Waals surface area contributed by atoms with Crippen LogP contribution in [0.15, 0.2) is 60.9 Å². The van der Waals surface area contributed by atoms with Crippen LogP contribution in [0.1, 0.15) is 35.6 Å². The number of ether oxygens (including phenoxy) is 2. The molecule has 5 nitrogen and oxygen atoms in total. The Morgan fingerprint density at radius 1 is 1.07 bits per heavy atom. The highest BCUT2D eigenvalue weighted by Crippen LogP contribution is 2.35. The van der Waals surface area contributed by atoms with Gasteiger partial charge in [-0.25, -0.2) is 0 Å². The Bertz CT molecular complexity index is 907. The molecule has 0 saturated carbocycles. The van der Waals surface area contributed by atoms with Crippen LogP contribution in [0, 0.1) is 0 Å². The lowest BCUT2D eigenvalue weighted by Gasteiger charge is -2.24. The molecule has 4 rings (SSSR count). The summed E-state index contributed by atoms with van der Waals surface area (Å²) in [7, 11) is 3.66. The average molecular weight is 377 g/mol. The van der Waals surface area contributed by atoms with Crippen molar-refractivity contribution in [2.45, 2.75) is 32.0 Å². The number of benzene rings is 2. The molecular formula is C23H27N3O2. The Morgan fingerprint density at radius 3 is 2.68 bits per heavy atom. The average Bonchev–Trinajstić information content (AvgIpc) is 3.36. The van der Waals surface area contributed by atoms with Crippen LogP contribution in [-0.4, -0.2) is 28.3 Å². The summed E-state index contributed by atoms with van der Waals surface area (Å²) in [6.07, 6.45) is 6.52. The maximum absolute atomic E-state index is 6.08. The van der Waals surface area contributed by atoms with Gasteiger partial charge in [0.1, 0.15) is 6.61 Å². The van der Waals surface area contributed by atoms with Gasteiger partial charge in [0.05, 0.1) is 13.3 Å². The summed E-state index contributed by atoms with van der Waals surface area (Å²) in [4.78, 5) is 2.53. The summed E-state index contributed by atoms with van der Waals surface area (Å²) in [5.41, 5.74) is 3.68. The predicted octanol–water partition coefficient (Wildman–Crippen LogP) is 4.34. The number of hydrogen-bond acceptors (Lipinski definition) is 4. The van der Waals surface area contributed by atoms with E-state index in [0.717, 1.165) is 30.2 Å². The first-order chi connectivity index (χ1) is 13.7. The molecule has 1 fully saturated rings. The van der Waals surface area contributed by atoms with Gasteiger partial charge in [0.15, 0.2) is 11.5 Å². The fourth-order valence-corrected chi connectivity index (χ4v) is 3.91. The van der Waals surface area contributed by atoms with Gasteiger partial charge in [0.2, 0.25) is 0 Å². The third kappa shape index (κ3) is 4.20. The molecule has 146 valence electrons. The van der Waals surface area contributed by atoms with Gasteiger partial charge in [-0.3, -0.25) is 9.58 Å². The summed E-state index contributed by atoms with van der Waals surface area (Å²) >= 11 is 0. The molecule has 1 aromatic heterocycles. The monoisotopic (exact) mass is 377 g/mol. The van der Waals surface area contributed by atoms with Crippen LogP contribution in [-0.2, 0) is 20.2 Å². The van der Waals surface area contributed by atoms with Gasteiger partial charge in [-0.2, -0.15) is 5.10 Å². The van der Waals surface area contributed by atoms with Crippen molar-refractivity contribution in [2.24, 2.45) is 7.05 Å². The molecule has 0 aliphatic carbocycles. The summed E-state index contributed by atoms with van der Waals surface area (Å²) in [6.45, 7) is 2.53. The first-order valence-corrected chi connectivity index (χ1v) is 9.79. The molecular weight excluding hydrogens is 350 g/mol. The van der Waals surface area contributed by atoms with E-state index in [1.807, 2.05) is 42.2 Å². The summed E-state index contributed by atoms with van der Waals surface area (Å²) < 4.78 is 13.5. The third-order valence-corrected chi connectivity index (χ3v) is 5.32. The van der Waals surface area contributed by atoms with Crippen molar-refractivity contribution >= 4 is 0 Å². The molecule has 1 unspecified atom stereocenters. The number of hydrogen-bond donors (Lipinski definition) is 0. The summed E-state index contributed by atoms with van der Waals surface area (Å²) in [5.74, 6) is 1.56. The van der Waals surface area contributed by atoms with Crippen molar-refractivity contribution in [3.63, 3.8) is 0 Å². The second kappa shape index (κ2) is 8.48. The molecule has 3 aromatic rings. The number of rotatable bonds is 7. The molecule has 0 amide bonds. The summed E-state index contributed by atoms with van der Waals surface area (Å²) in [6, 6.07) is 16.9. The highest BCUT2D eigenvalue weighted by Gasteiger charge is 2.27. The molecule has 1 aliphatic rings. The van der Waals surface area contributed by atoms with Crippen molar-refractivity contribution in [2.75, 3.05) is 13.7 Å². The van der Waals surface area contributed by atoms with Gasteiger partial charge < -0.3 is 9.47 Å². The van der Waals surface area contributed by atoms with E-state index in [4.69, 9.17) is 9.47 Å². The van der Waals surface area contributed by atoms with Crippen LogP contribution in [0.3, 0.4) is 0 Å². The normalized spacial score (nSPS) is 17.0. The van der Waals surface area contributed by atoms with E-state index >= 15 is 0 Å². The first kappa shape index (κ1) is 18.6. The molecule has 2 heterocycles. The van der Waals surface area contributed by atoms with Crippen molar-refractivity contribution in [3.8, 4) is 11.5 Å². The van der Waals surface area contributed by atoms with Gasteiger partial charge in [-0.1, -0.05) is 36.4 Å². The Hall–Kier alpha value is -2.79. The van der Waals surface area contributed by atoms with Gasteiger partial charge >= 0.3 is 0 Å². The van der Waals surface area contributed by atoms with E-state index in [9.17, 15) is 0 Å². The standard InChI is InChI=1S/C23H27N3O2/c1-25-16-20(14-24-25)21-9-6-12-26(21)15-19-10-11-22(27-2)23(13-19)28-17-18-7-4-3-5-8-18/h3-5,7-8,10-11,13-14,16,21H,6,9,12,15,17H2,1-2H3. The lowest BCUT2D eigenvalue weighted by Crippen LogP contribution is -2.22. The van der Waals surface area contributed by atoms with Crippen LogP contribution in [0.5, 0.6) is 11.5 Å². The van der Waals surface area contributed by atoms with E-state index in [2.05, 4.69) is 40.5 Å². The number of nitrogens with zero attached hydrogens (tertiary/aromatic N) is 3. The van der Waals surface area contributed by atoms with Crippen LogP contribution in [0.25, 0.3) is 0 Å². The molecule has 1 aliphatic heterocycles. The second-order valence-electron chi connectivity index (χ2n) is 7.34. The molecule has 0 radical (unpaired) electrons. The van der Waals surface area contributed by atoms with E-state index in [1.54, 1.807) is 7.11 Å². The van der Waals surface area contributed by atoms with Crippen LogP contribution in [0.2, 0.25) is 0 Å². The molecule has 0 spiro atoms. The van der Waals surface area contributed by atoms with Gasteiger partial charge in [0, 0.05) is 31.4 Å². The Morgan fingerprint density at radius 2 is 1.93 bits per heavy atom. The van der Waals surface area contributed by atoms with Crippen molar-refractivity contribution in [1.29, 1.82) is 0 Å². The quantitative estimate of drug-likeness (QED) is 0.614. The first-order valence-electron chi connectivity index (χ1n) is 9.79. The fraction of sp³-hybridized carbons (Fsp3) is 0.348. The van der Waals surface area contributed by atoms with Crippen molar-refractivity contribution < 1.29 is 9.47 Å². The lowest BCUT2D eigenvalue weighted by molar-refractivity contribution is 0.246. The number of aryl methyl sites for hydroxylation is 1. The molecule has 1 saturated heterocycles. The smallest absolute Gasteiger partial charge is 0.161 e. The highest BCUT2D eigenvalue weighted by atomic mass is 16.5. The highest BCUT2D eigenvalue weighted by molar-refractivity contribution is 5.43. The molecule has 0 N–H and O–H groups in total. The second-order valence-corrected chi connectivity index (χ2v) is 7.34. The predicted molar refractivity (Wildman–Crippen MR) is 109 cm³/mol. The minimum atomic E-state index is 0.435. The molecule has 1 atom stereocenters. The lowest BCUT2D eigenvalue weighted by atomic mass is 10.1. The largest absolute Gasteiger partial charge is 0.493 e. The maximum atomic E-state index is 6.08. The zero-order chi connectivity index (χ0) is 19.3. The maximum Gasteiger partial charge on any atom is 0.161 e. The van der Waals surface area contributed by atoms with Crippen LogP contribution < -0.4 is 9.47 Å². The molecule has 28 heavy (non-hydrogen) atoms. The van der Waals surface area contributed by atoms with Gasteiger partial charge in [-0.05, 0) is 42.6 Å². The minimum Gasteiger partial charge on any atom is -0.493 e. The van der Waals surface area contributed by atoms with Crippen LogP contribution in [0.4, 0.5) is 0 Å². The van der Waals surface area contributed by atoms with Gasteiger partial charge in [0.25, 0.3) is 0 Å². The van der Waals surface area contributed by atoms with Crippen molar-refractivity contribution in [3.05, 3.63) is 77.6 Å². The van der Waals surface area contributed by atoms with E-state index in [-0.39, 0.29) is 0 Å². The molecule has 0 bridgehead atoms. The zero-order valence-corrected chi connectivity index (χ0v) is 16.5. The minimum absolute atomic E-state index is 0.435. The van der Waals surface area contributed by atoms with Crippen LogP contribution >= 0.6 is 0 Å². The van der Waals surface area contributed by atoms with E-state index in [1.165, 1.54) is 24.0 Å². The number of aromatic nitrogens is 2. The van der Waals surface area contributed by atoms with Crippen molar-refractivity contribution in [1.82, 2.24) is 14.7 Å². The molecule has 2 aromatic carbocycles. The zero-order valence-electron chi connectivity index (χ0n) is 16.5. The summed E-state index contributed by atoms with van der Waals surface area (Å²) in [5, 5.41) is 4.35. The molecule has 5 heteroatoms. The van der Waals surface area contributed by atoms with E-state index < -0.39 is 0 Å². The Labute approximate surface area is 166 Å². The van der Waals surface area contributed by atoms with E-state index in [0.29, 0.717) is 12.6 Å². The SMILES string of the molecule is COc1ccc(CN2CCCC2c2cnn(C)c2)cc1OCc1ccccc1.